The maximum atomic E-state index is 12.5. The van der Waals surface area contributed by atoms with Crippen molar-refractivity contribution in [2.45, 2.75) is 32.5 Å². The second kappa shape index (κ2) is 10.3. The number of aryl methyl sites for hydroxylation is 2. The van der Waals surface area contributed by atoms with E-state index in [1.807, 2.05) is 60.9 Å². The zero-order chi connectivity index (χ0) is 26.1. The van der Waals surface area contributed by atoms with Gasteiger partial charge in [-0.1, -0.05) is 53.6 Å². The largest absolute Gasteiger partial charge is 0.477 e. The third-order valence-corrected chi connectivity index (χ3v) is 7.42. The number of nitrogens with one attached hydrogen (secondary N) is 1. The molecule has 3 aromatic carbocycles. The highest BCUT2D eigenvalue weighted by molar-refractivity contribution is 8.04. The molecule has 8 heteroatoms. The van der Waals surface area contributed by atoms with Crippen LogP contribution in [0.1, 0.15) is 23.6 Å². The predicted octanol–water partition coefficient (Wildman–Crippen LogP) is 7.60. The minimum Gasteiger partial charge on any atom is -0.477 e. The van der Waals surface area contributed by atoms with Gasteiger partial charge in [-0.15, -0.1) is 10.2 Å². The highest BCUT2D eigenvalue weighted by Crippen LogP contribution is 2.37. The summed E-state index contributed by atoms with van der Waals surface area (Å²) in [6, 6.07) is 21.5. The average Bonchev–Trinajstić information content (AvgIpc) is 3.46. The molecule has 0 atom stereocenters. The number of benzene rings is 3. The normalized spacial score (nSPS) is 11.8. The standard InChI is InChI=1S/C29H25ClN4O2S/c1-4-34-27(20-10-12-21(30)13-11-20)32-33-29(34)37-24(28(35)36)16-23-22-15-17(2)14-18(3)25(22)31-26(23)19-8-6-5-7-9-19/h5-16,31H,4H2,1-3H3,(H,35,36)/b24-16-. The van der Waals surface area contributed by atoms with E-state index in [-0.39, 0.29) is 4.91 Å². The van der Waals surface area contributed by atoms with Crippen molar-refractivity contribution in [3.63, 3.8) is 0 Å². The van der Waals surface area contributed by atoms with Gasteiger partial charge in [-0.2, -0.15) is 0 Å². The number of aliphatic carboxylic acids is 1. The number of carboxylic acids is 1. The number of nitrogens with zero attached hydrogens (tertiary/aromatic N) is 3. The summed E-state index contributed by atoms with van der Waals surface area (Å²) in [6.45, 7) is 6.67. The van der Waals surface area contributed by atoms with Gasteiger partial charge >= 0.3 is 5.97 Å². The molecule has 186 valence electrons. The molecule has 0 aliphatic carbocycles. The van der Waals surface area contributed by atoms with E-state index in [1.54, 1.807) is 18.2 Å². The van der Waals surface area contributed by atoms with Crippen molar-refractivity contribution in [1.29, 1.82) is 0 Å². The van der Waals surface area contributed by atoms with Crippen LogP contribution in [0.15, 0.2) is 76.8 Å². The molecule has 0 spiro atoms. The third-order valence-electron chi connectivity index (χ3n) is 6.17. The second-order valence-electron chi connectivity index (χ2n) is 8.76. The molecule has 0 unspecified atom stereocenters. The molecule has 0 radical (unpaired) electrons. The number of carbonyl (C=O) groups is 1. The number of fused-ring (bicyclic) bond motifs is 1. The first-order valence-electron chi connectivity index (χ1n) is 11.9. The zero-order valence-corrected chi connectivity index (χ0v) is 22.2. The minimum absolute atomic E-state index is 0.155. The van der Waals surface area contributed by atoms with Gasteiger partial charge in [0.2, 0.25) is 0 Å². The van der Waals surface area contributed by atoms with Crippen LogP contribution in [0.5, 0.6) is 0 Å². The van der Waals surface area contributed by atoms with Gasteiger partial charge < -0.3 is 14.7 Å². The summed E-state index contributed by atoms with van der Waals surface area (Å²) in [5.74, 6) is -0.365. The molecule has 0 fully saturated rings. The van der Waals surface area contributed by atoms with E-state index in [9.17, 15) is 9.90 Å². The summed E-state index contributed by atoms with van der Waals surface area (Å²) in [5, 5.41) is 21.0. The van der Waals surface area contributed by atoms with Gasteiger partial charge in [0, 0.05) is 33.6 Å². The van der Waals surface area contributed by atoms with E-state index in [1.165, 1.54) is 0 Å². The molecule has 37 heavy (non-hydrogen) atoms. The van der Waals surface area contributed by atoms with Gasteiger partial charge in [-0.25, -0.2) is 4.79 Å². The molecular formula is C29H25ClN4O2S. The Kier molecular flexibility index (Phi) is 6.91. The maximum absolute atomic E-state index is 12.5. The molecule has 0 saturated carbocycles. The van der Waals surface area contributed by atoms with Gasteiger partial charge in [0.05, 0.1) is 5.69 Å². The third kappa shape index (κ3) is 4.92. The SMILES string of the molecule is CCn1c(S/C(=C\c2c(-c3ccccc3)[nH]c3c(C)cc(C)cc23)C(=O)O)nnc1-c1ccc(Cl)cc1. The van der Waals surface area contributed by atoms with Crippen LogP contribution in [0.2, 0.25) is 5.02 Å². The zero-order valence-electron chi connectivity index (χ0n) is 20.6. The van der Waals surface area contributed by atoms with Crippen molar-refractivity contribution in [3.8, 4) is 22.6 Å². The Morgan fingerprint density at radius 2 is 1.78 bits per heavy atom. The highest BCUT2D eigenvalue weighted by Gasteiger charge is 2.21. The first kappa shape index (κ1) is 24.9. The van der Waals surface area contributed by atoms with Crippen LogP contribution < -0.4 is 0 Å². The number of hydrogen-bond acceptors (Lipinski definition) is 4. The molecule has 0 aliphatic heterocycles. The number of thioether (sulfide) groups is 1. The van der Waals surface area contributed by atoms with Crippen molar-refractivity contribution in [3.05, 3.63) is 93.3 Å². The Hall–Kier alpha value is -3.81. The smallest absolute Gasteiger partial charge is 0.342 e. The summed E-state index contributed by atoms with van der Waals surface area (Å²) in [5.41, 5.74) is 6.77. The lowest BCUT2D eigenvalue weighted by Crippen LogP contribution is -2.03. The van der Waals surface area contributed by atoms with E-state index < -0.39 is 5.97 Å². The fourth-order valence-corrected chi connectivity index (χ4v) is 5.48. The van der Waals surface area contributed by atoms with E-state index >= 15 is 0 Å². The summed E-state index contributed by atoms with van der Waals surface area (Å²) < 4.78 is 1.91. The summed E-state index contributed by atoms with van der Waals surface area (Å²) >= 11 is 7.14. The molecule has 0 aliphatic rings. The van der Waals surface area contributed by atoms with E-state index in [0.717, 1.165) is 56.2 Å². The van der Waals surface area contributed by atoms with Crippen molar-refractivity contribution in [1.82, 2.24) is 19.7 Å². The van der Waals surface area contributed by atoms with E-state index in [2.05, 4.69) is 34.2 Å². The van der Waals surface area contributed by atoms with Gasteiger partial charge in [-0.05, 0) is 80.1 Å². The lowest BCUT2D eigenvalue weighted by atomic mass is 10.0. The second-order valence-corrected chi connectivity index (χ2v) is 10.2. The summed E-state index contributed by atoms with van der Waals surface area (Å²) in [7, 11) is 0. The molecule has 2 N–H and O–H groups in total. The van der Waals surface area contributed by atoms with Crippen LogP contribution in [0.3, 0.4) is 0 Å². The monoisotopic (exact) mass is 528 g/mol. The van der Waals surface area contributed by atoms with Crippen LogP contribution in [0.25, 0.3) is 39.6 Å². The van der Waals surface area contributed by atoms with E-state index in [0.29, 0.717) is 22.5 Å². The number of carboxylic acid groups (broad SMARTS) is 1. The Labute approximate surface area is 224 Å². The first-order valence-corrected chi connectivity index (χ1v) is 13.1. The number of aromatic nitrogens is 4. The van der Waals surface area contributed by atoms with Crippen molar-refractivity contribution in [2.75, 3.05) is 0 Å². The lowest BCUT2D eigenvalue weighted by Gasteiger charge is -2.08. The number of rotatable bonds is 7. The Bertz CT molecular complexity index is 1640. The Morgan fingerprint density at radius 1 is 1.05 bits per heavy atom. The van der Waals surface area contributed by atoms with Crippen LogP contribution in [-0.4, -0.2) is 30.8 Å². The average molecular weight is 529 g/mol. The minimum atomic E-state index is -1.03. The van der Waals surface area contributed by atoms with Crippen molar-refractivity contribution < 1.29 is 9.90 Å². The lowest BCUT2D eigenvalue weighted by molar-refractivity contribution is -0.131. The number of aromatic amines is 1. The molecule has 0 bridgehead atoms. The quantitative estimate of drug-likeness (QED) is 0.168. The molecule has 2 heterocycles. The Balaban J connectivity index is 1.64. The number of hydrogen-bond donors (Lipinski definition) is 2. The molecule has 5 aromatic rings. The van der Waals surface area contributed by atoms with Crippen LogP contribution >= 0.6 is 23.4 Å². The van der Waals surface area contributed by atoms with Crippen molar-refractivity contribution in [2.24, 2.45) is 0 Å². The highest BCUT2D eigenvalue weighted by atomic mass is 35.5. The van der Waals surface area contributed by atoms with Crippen LogP contribution in [0.4, 0.5) is 0 Å². The molecule has 6 nitrogen and oxygen atoms in total. The predicted molar refractivity (Wildman–Crippen MR) is 151 cm³/mol. The summed E-state index contributed by atoms with van der Waals surface area (Å²) in [4.78, 5) is 16.2. The van der Waals surface area contributed by atoms with Crippen LogP contribution in [0, 0.1) is 13.8 Å². The maximum Gasteiger partial charge on any atom is 0.342 e. The molecule has 2 aromatic heterocycles. The van der Waals surface area contributed by atoms with Crippen molar-refractivity contribution >= 4 is 46.3 Å². The van der Waals surface area contributed by atoms with Gasteiger partial charge in [0.25, 0.3) is 0 Å². The van der Waals surface area contributed by atoms with E-state index in [4.69, 9.17) is 11.6 Å². The molecule has 0 amide bonds. The molecular weight excluding hydrogens is 504 g/mol. The van der Waals surface area contributed by atoms with Gasteiger partial charge in [-0.3, -0.25) is 0 Å². The fourth-order valence-electron chi connectivity index (χ4n) is 4.48. The molecule has 0 saturated heterocycles. The topological polar surface area (TPSA) is 83.8 Å². The number of H-pyrrole nitrogens is 1. The Morgan fingerprint density at radius 3 is 2.46 bits per heavy atom. The fraction of sp³-hybridized carbons (Fsp3) is 0.138. The summed E-state index contributed by atoms with van der Waals surface area (Å²) in [6.07, 6.45) is 1.74. The molecule has 5 rings (SSSR count). The van der Waals surface area contributed by atoms with Gasteiger partial charge in [0.1, 0.15) is 4.91 Å². The van der Waals surface area contributed by atoms with Gasteiger partial charge in [0.15, 0.2) is 11.0 Å². The first-order chi connectivity index (χ1) is 17.9. The number of halogens is 1. The van der Waals surface area contributed by atoms with Crippen LogP contribution in [-0.2, 0) is 11.3 Å².